The third-order valence-corrected chi connectivity index (χ3v) is 5.30. The number of carbonyl (C=O) groups is 1. The van der Waals surface area contributed by atoms with Crippen LogP contribution < -0.4 is 20.1 Å². The Kier molecular flexibility index (Phi) is 11.3. The smallest absolute Gasteiger partial charge is 0.234 e. The van der Waals surface area contributed by atoms with Gasteiger partial charge in [0.15, 0.2) is 17.5 Å². The zero-order chi connectivity index (χ0) is 22.1. The van der Waals surface area contributed by atoms with Crippen LogP contribution in [0.2, 0.25) is 0 Å². The van der Waals surface area contributed by atoms with E-state index in [0.29, 0.717) is 30.6 Å². The van der Waals surface area contributed by atoms with E-state index < -0.39 is 0 Å². The van der Waals surface area contributed by atoms with Crippen molar-refractivity contribution < 1.29 is 19.4 Å². The Balaban J connectivity index is 0.00000363. The van der Waals surface area contributed by atoms with E-state index in [9.17, 15) is 4.79 Å². The van der Waals surface area contributed by atoms with Crippen LogP contribution >= 0.6 is 24.0 Å². The second kappa shape index (κ2) is 13.7. The van der Waals surface area contributed by atoms with Gasteiger partial charge in [0.25, 0.3) is 0 Å². The van der Waals surface area contributed by atoms with Gasteiger partial charge in [0.1, 0.15) is 6.61 Å². The summed E-state index contributed by atoms with van der Waals surface area (Å²) in [4.78, 5) is 21.3. The molecule has 3 rings (SSSR count). The van der Waals surface area contributed by atoms with Crippen molar-refractivity contribution in [3.05, 3.63) is 23.8 Å². The van der Waals surface area contributed by atoms with Gasteiger partial charge >= 0.3 is 0 Å². The van der Waals surface area contributed by atoms with Crippen LogP contribution in [0, 0.1) is 0 Å². The Morgan fingerprint density at radius 3 is 2.59 bits per heavy atom. The van der Waals surface area contributed by atoms with Gasteiger partial charge in [-0.2, -0.15) is 0 Å². The molecule has 0 radical (unpaired) electrons. The second-order valence-corrected chi connectivity index (χ2v) is 7.83. The molecule has 1 aromatic rings. The van der Waals surface area contributed by atoms with E-state index in [1.54, 1.807) is 7.11 Å². The van der Waals surface area contributed by atoms with E-state index in [1.807, 2.05) is 18.2 Å². The molecule has 10 heteroatoms. The van der Waals surface area contributed by atoms with Gasteiger partial charge in [-0.1, -0.05) is 6.07 Å². The lowest BCUT2D eigenvalue weighted by Crippen LogP contribution is -2.54. The molecular weight excluding hydrogens is 525 g/mol. The summed E-state index contributed by atoms with van der Waals surface area (Å²) in [6.07, 6.45) is 2.23. The Morgan fingerprint density at radius 1 is 1.22 bits per heavy atom. The first-order valence-electron chi connectivity index (χ1n) is 11.1. The molecule has 2 fully saturated rings. The van der Waals surface area contributed by atoms with Crippen molar-refractivity contribution in [1.82, 2.24) is 20.4 Å². The minimum atomic E-state index is -0.0420. The van der Waals surface area contributed by atoms with Gasteiger partial charge in [-0.25, -0.2) is 4.99 Å². The van der Waals surface area contributed by atoms with Gasteiger partial charge in [-0.15, -0.1) is 24.0 Å². The normalized spacial score (nSPS) is 16.8. The number of methoxy groups -OCH3 is 1. The molecule has 9 nitrogen and oxygen atoms in total. The molecule has 1 aromatic carbocycles. The molecule has 1 saturated carbocycles. The molecule has 180 valence electrons. The number of benzene rings is 1. The zero-order valence-corrected chi connectivity index (χ0v) is 21.3. The van der Waals surface area contributed by atoms with Crippen molar-refractivity contribution in [2.45, 2.75) is 32.4 Å². The summed E-state index contributed by atoms with van der Waals surface area (Å²) >= 11 is 0. The van der Waals surface area contributed by atoms with Crippen LogP contribution in [0.3, 0.4) is 0 Å². The summed E-state index contributed by atoms with van der Waals surface area (Å²) in [6, 6.07) is 6.13. The number of aliphatic hydroxyl groups excluding tert-OH is 1. The van der Waals surface area contributed by atoms with Crippen LogP contribution in [-0.4, -0.2) is 92.4 Å². The van der Waals surface area contributed by atoms with Crippen molar-refractivity contribution >= 4 is 35.8 Å². The van der Waals surface area contributed by atoms with Crippen LogP contribution in [0.25, 0.3) is 0 Å². The fourth-order valence-corrected chi connectivity index (χ4v) is 3.50. The zero-order valence-electron chi connectivity index (χ0n) is 19.0. The highest BCUT2D eigenvalue weighted by Crippen LogP contribution is 2.28. The van der Waals surface area contributed by atoms with Crippen LogP contribution in [0.4, 0.5) is 0 Å². The number of aliphatic hydroxyl groups is 1. The number of rotatable bonds is 10. The second-order valence-electron chi connectivity index (χ2n) is 7.83. The van der Waals surface area contributed by atoms with Gasteiger partial charge in [-0.3, -0.25) is 9.69 Å². The molecule has 0 atom stereocenters. The lowest BCUT2D eigenvalue weighted by molar-refractivity contribution is -0.122. The number of amides is 1. The monoisotopic (exact) mass is 561 g/mol. The summed E-state index contributed by atoms with van der Waals surface area (Å²) in [6.45, 7) is 7.38. The van der Waals surface area contributed by atoms with Crippen molar-refractivity contribution in [3.63, 3.8) is 0 Å². The lowest BCUT2D eigenvalue weighted by atomic mass is 10.2. The number of nitrogens with zero attached hydrogens (tertiary/aromatic N) is 3. The Hall–Kier alpha value is -1.79. The van der Waals surface area contributed by atoms with Crippen LogP contribution in [0.1, 0.15) is 25.3 Å². The maximum atomic E-state index is 12.0. The standard InChI is InChI=1S/C22H35N5O4.HI/c1-3-23-22(24-15-17-4-7-19(31-13-12-28)20(14-17)30-2)27-10-8-26(9-11-27)16-21(29)25-18-5-6-18;/h4,7,14,18,28H,3,5-6,8-13,15-16H2,1-2H3,(H,23,24)(H,25,29);1H. The summed E-state index contributed by atoms with van der Waals surface area (Å²) in [5, 5.41) is 15.4. The first-order chi connectivity index (χ1) is 15.1. The highest BCUT2D eigenvalue weighted by atomic mass is 127. The molecule has 0 bridgehead atoms. The van der Waals surface area contributed by atoms with E-state index in [0.717, 1.165) is 57.1 Å². The van der Waals surface area contributed by atoms with Crippen molar-refractivity contribution in [2.75, 3.05) is 59.6 Å². The van der Waals surface area contributed by atoms with Crippen molar-refractivity contribution in [3.8, 4) is 11.5 Å². The number of halogens is 1. The maximum absolute atomic E-state index is 12.0. The van der Waals surface area contributed by atoms with Gasteiger partial charge in [0.05, 0.1) is 26.8 Å². The highest BCUT2D eigenvalue weighted by molar-refractivity contribution is 14.0. The number of hydrogen-bond donors (Lipinski definition) is 3. The van der Waals surface area contributed by atoms with E-state index >= 15 is 0 Å². The number of aliphatic imine (C=N–C) groups is 1. The average molecular weight is 561 g/mol. The van der Waals surface area contributed by atoms with Crippen molar-refractivity contribution in [1.29, 1.82) is 0 Å². The fraction of sp³-hybridized carbons (Fsp3) is 0.636. The van der Waals surface area contributed by atoms with E-state index in [1.165, 1.54) is 0 Å². The van der Waals surface area contributed by atoms with Gasteiger partial charge < -0.3 is 30.1 Å². The molecule has 0 aromatic heterocycles. The molecule has 2 aliphatic rings. The minimum Gasteiger partial charge on any atom is -0.493 e. The molecule has 3 N–H and O–H groups in total. The number of hydrogen-bond acceptors (Lipinski definition) is 6. The lowest BCUT2D eigenvalue weighted by Gasteiger charge is -2.36. The molecule has 0 unspecified atom stereocenters. The number of piperazine rings is 1. The molecule has 1 aliphatic heterocycles. The minimum absolute atomic E-state index is 0. The maximum Gasteiger partial charge on any atom is 0.234 e. The van der Waals surface area contributed by atoms with Gasteiger partial charge in [-0.05, 0) is 37.5 Å². The highest BCUT2D eigenvalue weighted by Gasteiger charge is 2.25. The molecule has 1 amide bonds. The molecule has 1 heterocycles. The van der Waals surface area contributed by atoms with E-state index in [4.69, 9.17) is 19.6 Å². The van der Waals surface area contributed by atoms with Gasteiger partial charge in [0.2, 0.25) is 5.91 Å². The predicted molar refractivity (Wildman–Crippen MR) is 135 cm³/mol. The molecule has 0 spiro atoms. The number of guanidine groups is 1. The van der Waals surface area contributed by atoms with Gasteiger partial charge in [0, 0.05) is 38.8 Å². The number of nitrogens with one attached hydrogen (secondary N) is 2. The summed E-state index contributed by atoms with van der Waals surface area (Å²) in [5.41, 5.74) is 1.01. The first-order valence-corrected chi connectivity index (χ1v) is 11.1. The molecule has 1 aliphatic carbocycles. The topological polar surface area (TPSA) is 98.7 Å². The third-order valence-electron chi connectivity index (χ3n) is 5.30. The summed E-state index contributed by atoms with van der Waals surface area (Å²) in [5.74, 6) is 2.25. The van der Waals surface area contributed by atoms with E-state index in [2.05, 4.69) is 27.4 Å². The fourth-order valence-electron chi connectivity index (χ4n) is 3.50. The largest absolute Gasteiger partial charge is 0.493 e. The Morgan fingerprint density at radius 2 is 1.97 bits per heavy atom. The Bertz CT molecular complexity index is 752. The third kappa shape index (κ3) is 8.28. The van der Waals surface area contributed by atoms with Crippen LogP contribution in [0.15, 0.2) is 23.2 Å². The summed E-state index contributed by atoms with van der Waals surface area (Å²) < 4.78 is 10.9. The summed E-state index contributed by atoms with van der Waals surface area (Å²) in [7, 11) is 1.60. The number of carbonyl (C=O) groups excluding carboxylic acids is 1. The van der Waals surface area contributed by atoms with Crippen LogP contribution in [-0.2, 0) is 11.3 Å². The molecule has 1 saturated heterocycles. The Labute approximate surface area is 207 Å². The molecule has 32 heavy (non-hydrogen) atoms. The molecular formula is C22H36IN5O4. The van der Waals surface area contributed by atoms with E-state index in [-0.39, 0.29) is 43.1 Å². The van der Waals surface area contributed by atoms with Crippen molar-refractivity contribution in [2.24, 2.45) is 4.99 Å². The number of ether oxygens (including phenoxy) is 2. The predicted octanol–water partition coefficient (Wildman–Crippen LogP) is 1.05. The SMILES string of the molecule is CCNC(=NCc1ccc(OCCO)c(OC)c1)N1CCN(CC(=O)NC2CC2)CC1.I. The average Bonchev–Trinajstić information content (AvgIpc) is 3.59. The quantitative estimate of drug-likeness (QED) is 0.223. The van der Waals surface area contributed by atoms with Crippen LogP contribution in [0.5, 0.6) is 11.5 Å². The first kappa shape index (κ1) is 26.5.